The van der Waals surface area contributed by atoms with Crippen LogP contribution in [0.1, 0.15) is 78.1 Å². The van der Waals surface area contributed by atoms with Gasteiger partial charge in [-0.25, -0.2) is 0 Å². The highest BCUT2D eigenvalue weighted by Gasteiger charge is 2.34. The highest BCUT2D eigenvalue weighted by Crippen LogP contribution is 2.44. The van der Waals surface area contributed by atoms with Crippen LogP contribution in [0.15, 0.2) is 11.6 Å². The van der Waals surface area contributed by atoms with Crippen LogP contribution in [0.25, 0.3) is 0 Å². The zero-order valence-electron chi connectivity index (χ0n) is 13.1. The first-order valence-electron chi connectivity index (χ1n) is 8.63. The van der Waals surface area contributed by atoms with Crippen molar-refractivity contribution in [2.45, 2.75) is 78.1 Å². The Hall–Kier alpha value is -0.300. The summed E-state index contributed by atoms with van der Waals surface area (Å²) < 4.78 is 0. The molecule has 0 heterocycles. The molecular weight excluding hydrogens is 230 g/mol. The zero-order chi connectivity index (χ0) is 13.6. The summed E-state index contributed by atoms with van der Waals surface area (Å²) in [5, 5.41) is 3.78. The van der Waals surface area contributed by atoms with Gasteiger partial charge in [-0.15, -0.1) is 0 Å². The molecule has 0 saturated heterocycles. The molecule has 0 radical (unpaired) electrons. The van der Waals surface area contributed by atoms with Gasteiger partial charge in [0.15, 0.2) is 0 Å². The molecule has 1 saturated carbocycles. The molecule has 0 spiro atoms. The molecule has 0 aromatic carbocycles. The van der Waals surface area contributed by atoms with Gasteiger partial charge in [0, 0.05) is 12.0 Å². The van der Waals surface area contributed by atoms with Gasteiger partial charge in [-0.2, -0.15) is 0 Å². The SMILES string of the molecule is CC(C)CNCC1(C2=CCCCC2)CCCCCC1. The quantitative estimate of drug-likeness (QED) is 0.539. The van der Waals surface area contributed by atoms with Crippen LogP contribution in [-0.4, -0.2) is 13.1 Å². The average molecular weight is 263 g/mol. The number of hydrogen-bond donors (Lipinski definition) is 1. The van der Waals surface area contributed by atoms with Crippen LogP contribution in [0.3, 0.4) is 0 Å². The van der Waals surface area contributed by atoms with Crippen LogP contribution in [0.4, 0.5) is 0 Å². The maximum Gasteiger partial charge on any atom is 0.00453 e. The molecule has 0 unspecified atom stereocenters. The third-order valence-corrected chi connectivity index (χ3v) is 5.05. The van der Waals surface area contributed by atoms with Crippen molar-refractivity contribution in [3.8, 4) is 0 Å². The molecule has 1 N–H and O–H groups in total. The van der Waals surface area contributed by atoms with E-state index in [-0.39, 0.29) is 0 Å². The maximum atomic E-state index is 3.78. The highest BCUT2D eigenvalue weighted by atomic mass is 14.9. The van der Waals surface area contributed by atoms with Gasteiger partial charge in [-0.1, -0.05) is 51.2 Å². The molecule has 110 valence electrons. The first-order valence-corrected chi connectivity index (χ1v) is 8.63. The predicted molar refractivity (Wildman–Crippen MR) is 84.4 cm³/mol. The predicted octanol–water partition coefficient (Wildman–Crippen LogP) is 5.07. The summed E-state index contributed by atoms with van der Waals surface area (Å²) >= 11 is 0. The zero-order valence-corrected chi connectivity index (χ0v) is 13.1. The molecule has 1 heteroatoms. The summed E-state index contributed by atoms with van der Waals surface area (Å²) in [4.78, 5) is 0. The minimum absolute atomic E-state index is 0.520. The Morgan fingerprint density at radius 1 is 1.05 bits per heavy atom. The smallest absolute Gasteiger partial charge is 0.00453 e. The van der Waals surface area contributed by atoms with Gasteiger partial charge in [0.25, 0.3) is 0 Å². The molecule has 2 aliphatic carbocycles. The summed E-state index contributed by atoms with van der Waals surface area (Å²) in [6.07, 6.45) is 16.8. The molecule has 0 aromatic rings. The molecule has 0 aromatic heterocycles. The standard InChI is InChI=1S/C18H33N/c1-16(2)14-19-15-18(12-8-3-4-9-13-18)17-10-6-5-7-11-17/h10,16,19H,3-9,11-15H2,1-2H3. The molecule has 2 aliphatic rings. The first-order chi connectivity index (χ1) is 9.23. The van der Waals surface area contributed by atoms with Crippen LogP contribution in [-0.2, 0) is 0 Å². The van der Waals surface area contributed by atoms with E-state index in [4.69, 9.17) is 0 Å². The fourth-order valence-corrected chi connectivity index (χ4v) is 3.94. The summed E-state index contributed by atoms with van der Waals surface area (Å²) in [7, 11) is 0. The Morgan fingerprint density at radius 3 is 2.37 bits per heavy atom. The van der Waals surface area contributed by atoms with Gasteiger partial charge in [0.05, 0.1) is 0 Å². The first kappa shape index (κ1) is 15.1. The minimum Gasteiger partial charge on any atom is -0.316 e. The number of rotatable bonds is 5. The molecule has 0 aliphatic heterocycles. The van der Waals surface area contributed by atoms with Crippen LogP contribution >= 0.6 is 0 Å². The van der Waals surface area contributed by atoms with E-state index in [1.54, 1.807) is 0 Å². The van der Waals surface area contributed by atoms with Gasteiger partial charge in [-0.05, 0) is 51.0 Å². The fraction of sp³-hybridized carbons (Fsp3) is 0.889. The van der Waals surface area contributed by atoms with Crippen molar-refractivity contribution in [3.05, 3.63) is 11.6 Å². The van der Waals surface area contributed by atoms with Crippen molar-refractivity contribution < 1.29 is 0 Å². The second-order valence-electron chi connectivity index (χ2n) is 7.19. The molecule has 2 rings (SSSR count). The van der Waals surface area contributed by atoms with Gasteiger partial charge in [-0.3, -0.25) is 0 Å². The Balaban J connectivity index is 2.04. The lowest BCUT2D eigenvalue weighted by molar-refractivity contribution is 0.270. The number of nitrogens with one attached hydrogen (secondary N) is 1. The van der Waals surface area contributed by atoms with Crippen molar-refractivity contribution in [2.24, 2.45) is 11.3 Å². The van der Waals surface area contributed by atoms with E-state index in [0.717, 1.165) is 5.92 Å². The van der Waals surface area contributed by atoms with E-state index in [9.17, 15) is 0 Å². The number of hydrogen-bond acceptors (Lipinski definition) is 1. The lowest BCUT2D eigenvalue weighted by Crippen LogP contribution is -2.37. The maximum absolute atomic E-state index is 3.78. The average Bonchev–Trinajstić information content (AvgIpc) is 2.66. The monoisotopic (exact) mass is 263 g/mol. The third kappa shape index (κ3) is 4.34. The molecule has 19 heavy (non-hydrogen) atoms. The molecule has 0 amide bonds. The third-order valence-electron chi connectivity index (χ3n) is 5.05. The minimum atomic E-state index is 0.520. The van der Waals surface area contributed by atoms with E-state index in [2.05, 4.69) is 25.2 Å². The van der Waals surface area contributed by atoms with Crippen molar-refractivity contribution >= 4 is 0 Å². The Kier molecular flexibility index (Phi) is 5.94. The number of allylic oxidation sites excluding steroid dienone is 1. The molecular formula is C18H33N. The topological polar surface area (TPSA) is 12.0 Å². The van der Waals surface area contributed by atoms with Crippen LogP contribution in [0.2, 0.25) is 0 Å². The van der Waals surface area contributed by atoms with E-state index in [1.807, 2.05) is 5.57 Å². The summed E-state index contributed by atoms with van der Waals surface area (Å²) in [6, 6.07) is 0. The second-order valence-corrected chi connectivity index (χ2v) is 7.19. The van der Waals surface area contributed by atoms with Crippen molar-refractivity contribution in [3.63, 3.8) is 0 Å². The molecule has 0 atom stereocenters. The van der Waals surface area contributed by atoms with Crippen molar-refractivity contribution in [2.75, 3.05) is 13.1 Å². The Morgan fingerprint density at radius 2 is 1.79 bits per heavy atom. The highest BCUT2D eigenvalue weighted by molar-refractivity contribution is 5.18. The van der Waals surface area contributed by atoms with Gasteiger partial charge >= 0.3 is 0 Å². The Bertz CT molecular complexity index is 282. The lowest BCUT2D eigenvalue weighted by atomic mass is 9.70. The van der Waals surface area contributed by atoms with E-state index < -0.39 is 0 Å². The molecule has 0 bridgehead atoms. The fourth-order valence-electron chi connectivity index (χ4n) is 3.94. The van der Waals surface area contributed by atoms with Gasteiger partial charge in [0.1, 0.15) is 0 Å². The summed E-state index contributed by atoms with van der Waals surface area (Å²) in [6.45, 7) is 7.03. The van der Waals surface area contributed by atoms with E-state index in [0.29, 0.717) is 5.41 Å². The van der Waals surface area contributed by atoms with E-state index >= 15 is 0 Å². The Labute approximate surface area is 120 Å². The largest absolute Gasteiger partial charge is 0.316 e. The van der Waals surface area contributed by atoms with Crippen LogP contribution in [0.5, 0.6) is 0 Å². The van der Waals surface area contributed by atoms with Gasteiger partial charge < -0.3 is 5.32 Å². The van der Waals surface area contributed by atoms with E-state index in [1.165, 1.54) is 77.3 Å². The summed E-state index contributed by atoms with van der Waals surface area (Å²) in [5.41, 5.74) is 2.34. The van der Waals surface area contributed by atoms with Crippen molar-refractivity contribution in [1.29, 1.82) is 0 Å². The van der Waals surface area contributed by atoms with Crippen molar-refractivity contribution in [1.82, 2.24) is 5.32 Å². The molecule has 1 nitrogen and oxygen atoms in total. The second kappa shape index (κ2) is 7.47. The lowest BCUT2D eigenvalue weighted by Gasteiger charge is -2.38. The molecule has 1 fully saturated rings. The summed E-state index contributed by atoms with van der Waals surface area (Å²) in [5.74, 6) is 0.767. The van der Waals surface area contributed by atoms with Gasteiger partial charge in [0.2, 0.25) is 0 Å². The van der Waals surface area contributed by atoms with Crippen LogP contribution in [0, 0.1) is 11.3 Å². The van der Waals surface area contributed by atoms with Crippen LogP contribution < -0.4 is 5.32 Å². The normalized spacial score (nSPS) is 24.1.